The standard InChI is InChI=1S/C13H17BN4O4.C8H12BN3O2.Li.H2O/c1-17-8-12(19)21-14(22-13(20)9-17)10-6-15-7-11(16-10)18-4-2-3-5-18;13-9(14)7-5-10-6-8(11-7)12-3-1-2-4-12;;/h6-7H,2-5,8-9H2,1H3;5-6,13-14H,1-4H2;;1H2/q;;+1;/p-1. The molecule has 2 aromatic heterocycles. The van der Waals surface area contributed by atoms with Crippen LogP contribution in [-0.4, -0.2) is 113 Å². The summed E-state index contributed by atoms with van der Waals surface area (Å²) >= 11 is 0. The van der Waals surface area contributed by atoms with Crippen LogP contribution in [0.2, 0.25) is 0 Å². The van der Waals surface area contributed by atoms with Crippen LogP contribution in [0.5, 0.6) is 0 Å². The molecule has 0 unspecified atom stereocenters. The Balaban J connectivity index is 0.000000276. The molecule has 0 atom stereocenters. The molecule has 38 heavy (non-hydrogen) atoms. The number of aromatic nitrogens is 4. The molecule has 3 saturated heterocycles. The van der Waals surface area contributed by atoms with Crippen LogP contribution < -0.4 is 39.8 Å². The van der Waals surface area contributed by atoms with Gasteiger partial charge in [-0.15, -0.1) is 0 Å². The molecule has 17 heteroatoms. The van der Waals surface area contributed by atoms with E-state index in [2.05, 4.69) is 29.7 Å². The zero-order valence-electron chi connectivity index (χ0n) is 21.6. The summed E-state index contributed by atoms with van der Waals surface area (Å²) < 4.78 is 10.4. The summed E-state index contributed by atoms with van der Waals surface area (Å²) in [5, 5.41) is 17.9. The number of hydrogen-bond donors (Lipinski definition) is 2. The predicted octanol–water partition coefficient (Wildman–Crippen LogP) is -5.61. The molecule has 14 nitrogen and oxygen atoms in total. The Morgan fingerprint density at radius 3 is 1.79 bits per heavy atom. The molecule has 198 valence electrons. The molecule has 3 N–H and O–H groups in total. The Morgan fingerprint density at radius 1 is 0.816 bits per heavy atom. The summed E-state index contributed by atoms with van der Waals surface area (Å²) in [5.41, 5.74) is 0.532. The van der Waals surface area contributed by atoms with Crippen molar-refractivity contribution < 1.29 is 53.3 Å². The molecule has 3 aliphatic heterocycles. The molecular weight excluding hydrogens is 491 g/mol. The monoisotopic (exact) mass is 521 g/mol. The van der Waals surface area contributed by atoms with Gasteiger partial charge < -0.3 is 34.6 Å². The molecule has 0 amide bonds. The SMILES string of the molecule is CN1CC(=O)OB(c2cncc(N3CCCC3)n2)OC(=O)C1.OB(O)c1cncc(N2CCCC2)n1.[Li+].[OH-]. The van der Waals surface area contributed by atoms with Crippen LogP contribution >= 0.6 is 0 Å². The summed E-state index contributed by atoms with van der Waals surface area (Å²) in [6, 6.07) is 0. The Bertz CT molecular complexity index is 1040. The summed E-state index contributed by atoms with van der Waals surface area (Å²) in [5.74, 6) is 0.510. The number of likely N-dealkylation sites (N-methyl/N-ethyl adjacent to an activating group) is 1. The smallest absolute Gasteiger partial charge is 0.870 e. The van der Waals surface area contributed by atoms with Gasteiger partial charge in [-0.1, -0.05) is 0 Å². The third kappa shape index (κ3) is 8.65. The van der Waals surface area contributed by atoms with E-state index in [0.29, 0.717) is 11.4 Å². The average Bonchev–Trinajstić information content (AvgIpc) is 3.58. The zero-order chi connectivity index (χ0) is 25.5. The van der Waals surface area contributed by atoms with Gasteiger partial charge in [-0.05, 0) is 32.7 Å². The summed E-state index contributed by atoms with van der Waals surface area (Å²) in [7, 11) is -1.02. The fourth-order valence-electron chi connectivity index (χ4n) is 4.13. The first-order chi connectivity index (χ1) is 17.4. The molecule has 0 aromatic carbocycles. The summed E-state index contributed by atoms with van der Waals surface area (Å²) in [4.78, 5) is 45.9. The normalized spacial score (nSPS) is 17.7. The van der Waals surface area contributed by atoms with E-state index in [4.69, 9.17) is 19.4 Å². The molecule has 0 bridgehead atoms. The van der Waals surface area contributed by atoms with Crippen molar-refractivity contribution in [2.45, 2.75) is 25.7 Å². The van der Waals surface area contributed by atoms with E-state index in [0.717, 1.165) is 57.7 Å². The maximum absolute atomic E-state index is 11.8. The fourth-order valence-corrected chi connectivity index (χ4v) is 4.13. The van der Waals surface area contributed by atoms with Crippen LogP contribution in [0.3, 0.4) is 0 Å². The largest absolute Gasteiger partial charge is 1.00 e. The van der Waals surface area contributed by atoms with Gasteiger partial charge >= 0.3 is 45.0 Å². The van der Waals surface area contributed by atoms with E-state index in [9.17, 15) is 9.59 Å². The number of nitrogens with zero attached hydrogens (tertiary/aromatic N) is 7. The molecule has 2 aromatic rings. The maximum atomic E-state index is 11.8. The summed E-state index contributed by atoms with van der Waals surface area (Å²) in [6.45, 7) is 3.86. The van der Waals surface area contributed by atoms with Crippen LogP contribution in [0.4, 0.5) is 11.6 Å². The Morgan fingerprint density at radius 2 is 1.29 bits per heavy atom. The molecule has 3 fully saturated rings. The summed E-state index contributed by atoms with van der Waals surface area (Å²) in [6.07, 6.45) is 10.7. The molecule has 5 heterocycles. The second-order valence-electron chi connectivity index (χ2n) is 8.85. The van der Waals surface area contributed by atoms with E-state index in [1.165, 1.54) is 17.3 Å². The van der Waals surface area contributed by atoms with Gasteiger partial charge in [0.15, 0.2) is 0 Å². The van der Waals surface area contributed by atoms with Crippen molar-refractivity contribution in [2.24, 2.45) is 0 Å². The van der Waals surface area contributed by atoms with Gasteiger partial charge in [0.25, 0.3) is 0 Å². The number of hydrogen-bond acceptors (Lipinski definition) is 14. The average molecular weight is 521 g/mol. The topological polar surface area (TPSA) is 184 Å². The van der Waals surface area contributed by atoms with E-state index in [1.54, 1.807) is 19.4 Å². The van der Waals surface area contributed by atoms with Gasteiger partial charge in [0.05, 0.1) is 31.1 Å². The first-order valence-corrected chi connectivity index (χ1v) is 12.0. The van der Waals surface area contributed by atoms with Crippen molar-refractivity contribution in [1.29, 1.82) is 0 Å². The van der Waals surface area contributed by atoms with Gasteiger partial charge in [0.2, 0.25) is 0 Å². The number of carbonyl (C=O) groups excluding carboxylic acids is 2. The first kappa shape index (κ1) is 31.5. The van der Waals surface area contributed by atoms with Gasteiger partial charge in [-0.3, -0.25) is 24.5 Å². The van der Waals surface area contributed by atoms with Crippen molar-refractivity contribution in [1.82, 2.24) is 24.8 Å². The van der Waals surface area contributed by atoms with Crippen LogP contribution in [-0.2, 0) is 18.9 Å². The predicted molar refractivity (Wildman–Crippen MR) is 134 cm³/mol. The molecule has 3 aliphatic rings. The number of anilines is 2. The van der Waals surface area contributed by atoms with Crippen molar-refractivity contribution in [3.8, 4) is 0 Å². The van der Waals surface area contributed by atoms with Crippen LogP contribution in [0.15, 0.2) is 24.8 Å². The minimum atomic E-state index is -1.54. The molecule has 5 rings (SSSR count). The van der Waals surface area contributed by atoms with Crippen molar-refractivity contribution >= 4 is 49.0 Å². The van der Waals surface area contributed by atoms with Crippen LogP contribution in [0.1, 0.15) is 25.7 Å². The molecule has 0 radical (unpaired) electrons. The third-order valence-electron chi connectivity index (χ3n) is 5.92. The van der Waals surface area contributed by atoms with Gasteiger partial charge in [0.1, 0.15) is 17.2 Å². The minimum Gasteiger partial charge on any atom is -0.870 e. The van der Waals surface area contributed by atoms with Crippen LogP contribution in [0.25, 0.3) is 0 Å². The Labute approximate surface area is 233 Å². The van der Waals surface area contributed by atoms with E-state index < -0.39 is 26.2 Å². The van der Waals surface area contributed by atoms with Gasteiger partial charge in [0, 0.05) is 38.6 Å². The van der Waals surface area contributed by atoms with Crippen molar-refractivity contribution in [3.05, 3.63) is 24.8 Å². The van der Waals surface area contributed by atoms with Gasteiger partial charge in [-0.2, -0.15) is 0 Å². The van der Waals surface area contributed by atoms with Crippen molar-refractivity contribution in [3.63, 3.8) is 0 Å². The second kappa shape index (κ2) is 15.0. The maximum Gasteiger partial charge on any atom is 1.00 e. The fraction of sp³-hybridized carbons (Fsp3) is 0.524. The minimum absolute atomic E-state index is 0. The Kier molecular flexibility index (Phi) is 12.4. The number of rotatable bonds is 4. The zero-order valence-corrected chi connectivity index (χ0v) is 21.6. The quantitative estimate of drug-likeness (QED) is 0.363. The first-order valence-electron chi connectivity index (χ1n) is 12.0. The molecule has 0 aliphatic carbocycles. The second-order valence-corrected chi connectivity index (χ2v) is 8.85. The Hall–Kier alpha value is -2.73. The molecular formula is C21H30B2LiN7O7. The number of carbonyl (C=O) groups is 2. The van der Waals surface area contributed by atoms with E-state index in [-0.39, 0.29) is 43.0 Å². The van der Waals surface area contributed by atoms with E-state index in [1.807, 2.05) is 0 Å². The van der Waals surface area contributed by atoms with Crippen LogP contribution in [0, 0.1) is 0 Å². The molecule has 0 saturated carbocycles. The van der Waals surface area contributed by atoms with E-state index >= 15 is 0 Å². The third-order valence-corrected chi connectivity index (χ3v) is 5.92. The van der Waals surface area contributed by atoms with Crippen molar-refractivity contribution in [2.75, 3.05) is 56.1 Å². The molecule has 0 spiro atoms. The van der Waals surface area contributed by atoms with Gasteiger partial charge in [-0.25, -0.2) is 9.97 Å².